The first kappa shape index (κ1) is 12.8. The maximum atomic E-state index is 3.50. The number of aryl methyl sites for hydroxylation is 1. The lowest BCUT2D eigenvalue weighted by molar-refractivity contribution is 0.596. The molecule has 0 aliphatic heterocycles. The van der Waals surface area contributed by atoms with Crippen molar-refractivity contribution in [1.82, 2.24) is 5.32 Å². The first-order chi connectivity index (χ1) is 8.19. The van der Waals surface area contributed by atoms with E-state index in [1.165, 1.54) is 20.5 Å². The van der Waals surface area contributed by atoms with E-state index in [1.54, 1.807) is 11.3 Å². The minimum absolute atomic E-state index is 0.390. The van der Waals surface area contributed by atoms with Gasteiger partial charge in [0.05, 0.1) is 0 Å². The number of thiophene rings is 1. The van der Waals surface area contributed by atoms with E-state index < -0.39 is 0 Å². The molecule has 0 spiro atoms. The highest BCUT2D eigenvalue weighted by Crippen LogP contribution is 2.25. The van der Waals surface area contributed by atoms with Crippen LogP contribution in [0.5, 0.6) is 0 Å². The second-order valence-electron chi connectivity index (χ2n) is 4.19. The Balaban J connectivity index is 2.13. The van der Waals surface area contributed by atoms with Crippen LogP contribution >= 0.6 is 27.3 Å². The van der Waals surface area contributed by atoms with Crippen LogP contribution in [0.2, 0.25) is 0 Å². The molecule has 0 radical (unpaired) electrons. The fraction of sp³-hybridized carbons (Fsp3) is 0.286. The summed E-state index contributed by atoms with van der Waals surface area (Å²) < 4.78 is 1.18. The predicted octanol–water partition coefficient (Wildman–Crippen LogP) is 4.32. The van der Waals surface area contributed by atoms with E-state index in [2.05, 4.69) is 63.9 Å². The van der Waals surface area contributed by atoms with Gasteiger partial charge in [0.1, 0.15) is 0 Å². The van der Waals surface area contributed by atoms with Crippen molar-refractivity contribution in [3.63, 3.8) is 0 Å². The third kappa shape index (κ3) is 3.41. The molecule has 2 rings (SSSR count). The van der Waals surface area contributed by atoms with Gasteiger partial charge in [-0.2, -0.15) is 0 Å². The fourth-order valence-corrected chi connectivity index (χ4v) is 3.35. The van der Waals surface area contributed by atoms with Crippen molar-refractivity contribution in [2.45, 2.75) is 19.4 Å². The molecule has 1 atom stereocenters. The summed E-state index contributed by atoms with van der Waals surface area (Å²) in [6.07, 6.45) is 1.04. The van der Waals surface area contributed by atoms with Crippen molar-refractivity contribution in [2.24, 2.45) is 0 Å². The zero-order valence-corrected chi connectivity index (χ0v) is 12.4. The van der Waals surface area contributed by atoms with Gasteiger partial charge in [-0.05, 0) is 41.5 Å². The van der Waals surface area contributed by atoms with Gasteiger partial charge in [-0.25, -0.2) is 0 Å². The molecule has 1 aromatic heterocycles. The Morgan fingerprint density at radius 1 is 1.29 bits per heavy atom. The second-order valence-corrected chi connectivity index (χ2v) is 6.10. The number of benzene rings is 1. The number of hydrogen-bond donors (Lipinski definition) is 1. The molecule has 0 fully saturated rings. The van der Waals surface area contributed by atoms with Crippen LogP contribution in [0, 0.1) is 6.92 Å². The topological polar surface area (TPSA) is 12.0 Å². The molecule has 0 aliphatic rings. The minimum atomic E-state index is 0.390. The highest BCUT2D eigenvalue weighted by atomic mass is 79.9. The largest absolute Gasteiger partial charge is 0.313 e. The third-order valence-electron chi connectivity index (χ3n) is 2.86. The summed E-state index contributed by atoms with van der Waals surface area (Å²) in [5, 5.41) is 5.52. The average molecular weight is 310 g/mol. The van der Waals surface area contributed by atoms with E-state index in [0.717, 1.165) is 6.42 Å². The molecule has 17 heavy (non-hydrogen) atoms. The molecule has 3 heteroatoms. The quantitative estimate of drug-likeness (QED) is 0.886. The minimum Gasteiger partial charge on any atom is -0.313 e. The first-order valence-corrected chi connectivity index (χ1v) is 7.33. The summed E-state index contributed by atoms with van der Waals surface area (Å²) >= 11 is 5.30. The van der Waals surface area contributed by atoms with Crippen LogP contribution < -0.4 is 5.32 Å². The molecule has 1 aromatic carbocycles. The van der Waals surface area contributed by atoms with Crippen LogP contribution in [0.15, 0.2) is 40.2 Å². The van der Waals surface area contributed by atoms with Gasteiger partial charge in [-0.3, -0.25) is 0 Å². The van der Waals surface area contributed by atoms with Gasteiger partial charge in [0.15, 0.2) is 0 Å². The molecule has 0 bridgehead atoms. The smallest absolute Gasteiger partial charge is 0.0366 e. The van der Waals surface area contributed by atoms with Gasteiger partial charge in [-0.1, -0.05) is 29.8 Å². The summed E-state index contributed by atoms with van der Waals surface area (Å²) in [7, 11) is 2.02. The molecule has 1 N–H and O–H groups in total. The Kier molecular flexibility index (Phi) is 4.37. The van der Waals surface area contributed by atoms with Crippen LogP contribution in [-0.2, 0) is 6.42 Å². The number of nitrogens with one attached hydrogen (secondary N) is 1. The summed E-state index contributed by atoms with van der Waals surface area (Å²) in [6.45, 7) is 2.12. The van der Waals surface area contributed by atoms with Gasteiger partial charge in [0.2, 0.25) is 0 Å². The van der Waals surface area contributed by atoms with Gasteiger partial charge in [0.25, 0.3) is 0 Å². The number of halogens is 1. The molecule has 0 saturated carbocycles. The van der Waals surface area contributed by atoms with Crippen LogP contribution in [0.1, 0.15) is 22.0 Å². The SMILES string of the molecule is CNC(Cc1cc(Br)cs1)c1ccc(C)cc1. The molecule has 2 aromatic rings. The Morgan fingerprint density at radius 2 is 2.00 bits per heavy atom. The van der Waals surface area contributed by atoms with Gasteiger partial charge in [-0.15, -0.1) is 11.3 Å². The summed E-state index contributed by atoms with van der Waals surface area (Å²) in [5.74, 6) is 0. The van der Waals surface area contributed by atoms with Crippen molar-refractivity contribution in [3.8, 4) is 0 Å². The zero-order chi connectivity index (χ0) is 12.3. The predicted molar refractivity (Wildman–Crippen MR) is 78.7 cm³/mol. The Bertz CT molecular complexity index is 475. The molecule has 0 aliphatic carbocycles. The van der Waals surface area contributed by atoms with E-state index in [1.807, 2.05) is 7.05 Å². The molecular formula is C14H16BrNS. The molecular weight excluding hydrogens is 294 g/mol. The molecule has 0 saturated heterocycles. The van der Waals surface area contributed by atoms with Crippen LogP contribution in [0.3, 0.4) is 0 Å². The van der Waals surface area contributed by atoms with Gasteiger partial charge in [0, 0.05) is 27.2 Å². The van der Waals surface area contributed by atoms with Crippen LogP contribution in [0.4, 0.5) is 0 Å². The molecule has 1 unspecified atom stereocenters. The van der Waals surface area contributed by atoms with Gasteiger partial charge < -0.3 is 5.32 Å². The highest BCUT2D eigenvalue weighted by molar-refractivity contribution is 9.10. The molecule has 0 amide bonds. The van der Waals surface area contributed by atoms with Crippen molar-refractivity contribution >= 4 is 27.3 Å². The lowest BCUT2D eigenvalue weighted by Crippen LogP contribution is -2.18. The fourth-order valence-electron chi connectivity index (χ4n) is 1.85. The highest BCUT2D eigenvalue weighted by Gasteiger charge is 2.11. The van der Waals surface area contributed by atoms with Crippen molar-refractivity contribution < 1.29 is 0 Å². The van der Waals surface area contributed by atoms with Crippen molar-refractivity contribution in [1.29, 1.82) is 0 Å². The van der Waals surface area contributed by atoms with Crippen molar-refractivity contribution in [3.05, 3.63) is 56.2 Å². The zero-order valence-electron chi connectivity index (χ0n) is 10.0. The Labute approximate surface area is 115 Å². The summed E-state index contributed by atoms with van der Waals surface area (Å²) in [4.78, 5) is 1.40. The Morgan fingerprint density at radius 3 is 2.53 bits per heavy atom. The van der Waals surface area contributed by atoms with Gasteiger partial charge >= 0.3 is 0 Å². The molecule has 1 heterocycles. The second kappa shape index (κ2) is 5.80. The number of hydrogen-bond acceptors (Lipinski definition) is 2. The van der Waals surface area contributed by atoms with E-state index in [-0.39, 0.29) is 0 Å². The van der Waals surface area contributed by atoms with E-state index in [9.17, 15) is 0 Å². The maximum Gasteiger partial charge on any atom is 0.0366 e. The summed E-state index contributed by atoms with van der Waals surface area (Å²) in [5.41, 5.74) is 2.66. The standard InChI is InChI=1S/C14H16BrNS/c1-10-3-5-11(6-4-10)14(16-2)8-13-7-12(15)9-17-13/h3-7,9,14,16H,8H2,1-2H3. The lowest BCUT2D eigenvalue weighted by Gasteiger charge is -2.15. The lowest BCUT2D eigenvalue weighted by atomic mass is 10.0. The van der Waals surface area contributed by atoms with Crippen LogP contribution in [0.25, 0.3) is 0 Å². The number of likely N-dealkylation sites (N-methyl/N-ethyl adjacent to an activating group) is 1. The van der Waals surface area contributed by atoms with E-state index >= 15 is 0 Å². The molecule has 1 nitrogen and oxygen atoms in total. The average Bonchev–Trinajstić information content (AvgIpc) is 2.73. The monoisotopic (exact) mass is 309 g/mol. The maximum absolute atomic E-state index is 3.50. The van der Waals surface area contributed by atoms with Crippen LogP contribution in [-0.4, -0.2) is 7.05 Å². The van der Waals surface area contributed by atoms with Crippen molar-refractivity contribution in [2.75, 3.05) is 7.05 Å². The van der Waals surface area contributed by atoms with E-state index in [4.69, 9.17) is 0 Å². The molecule has 90 valence electrons. The first-order valence-electron chi connectivity index (χ1n) is 5.66. The normalized spacial score (nSPS) is 12.6. The van der Waals surface area contributed by atoms with E-state index in [0.29, 0.717) is 6.04 Å². The summed E-state index contributed by atoms with van der Waals surface area (Å²) in [6, 6.07) is 11.3. The Hall–Kier alpha value is -0.640. The number of rotatable bonds is 4. The third-order valence-corrected chi connectivity index (χ3v) is 4.58.